The van der Waals surface area contributed by atoms with Crippen LogP contribution in [0.4, 0.5) is 9.52 Å². The number of benzene rings is 1. The van der Waals surface area contributed by atoms with Crippen molar-refractivity contribution in [3.63, 3.8) is 0 Å². The van der Waals surface area contributed by atoms with Crippen molar-refractivity contribution in [2.24, 2.45) is 0 Å². The fourth-order valence-electron chi connectivity index (χ4n) is 2.62. The van der Waals surface area contributed by atoms with E-state index in [1.165, 1.54) is 42.7 Å². The number of anilines is 1. The van der Waals surface area contributed by atoms with Gasteiger partial charge in [0.1, 0.15) is 5.82 Å². The molecule has 1 saturated heterocycles. The van der Waals surface area contributed by atoms with Crippen LogP contribution in [0.5, 0.6) is 0 Å². The van der Waals surface area contributed by atoms with Gasteiger partial charge < -0.3 is 0 Å². The van der Waals surface area contributed by atoms with Crippen LogP contribution in [-0.2, 0) is 6.54 Å². The minimum atomic E-state index is -0.639. The fourth-order valence-corrected chi connectivity index (χ4v) is 3.48. The van der Waals surface area contributed by atoms with Crippen LogP contribution in [0.3, 0.4) is 0 Å². The number of rotatable bonds is 4. The first-order valence-electron chi connectivity index (χ1n) is 7.55. The van der Waals surface area contributed by atoms with Gasteiger partial charge in [0.2, 0.25) is 0 Å². The molecule has 7 heteroatoms. The Morgan fingerprint density at radius 1 is 1.35 bits per heavy atom. The van der Waals surface area contributed by atoms with Gasteiger partial charge in [0, 0.05) is 16.9 Å². The van der Waals surface area contributed by atoms with Gasteiger partial charge in [-0.25, -0.2) is 9.37 Å². The maximum absolute atomic E-state index is 13.7. The van der Waals surface area contributed by atoms with E-state index in [4.69, 9.17) is 11.6 Å². The number of amides is 1. The van der Waals surface area contributed by atoms with Crippen LogP contribution in [0.25, 0.3) is 0 Å². The molecule has 1 aromatic heterocycles. The Morgan fingerprint density at radius 2 is 2.13 bits per heavy atom. The fraction of sp³-hybridized carbons (Fsp3) is 0.375. The molecule has 4 nitrogen and oxygen atoms in total. The molecular weight excluding hydrogens is 337 g/mol. The molecule has 0 saturated carbocycles. The summed E-state index contributed by atoms with van der Waals surface area (Å²) in [5.74, 6) is -1.15. The zero-order chi connectivity index (χ0) is 16.2. The predicted octanol–water partition coefficient (Wildman–Crippen LogP) is 4.17. The topological polar surface area (TPSA) is 45.2 Å². The zero-order valence-electron chi connectivity index (χ0n) is 12.5. The monoisotopic (exact) mass is 353 g/mol. The Labute approximate surface area is 143 Å². The second-order valence-electron chi connectivity index (χ2n) is 5.56. The van der Waals surface area contributed by atoms with Gasteiger partial charge in [0.25, 0.3) is 5.91 Å². The average molecular weight is 354 g/mol. The van der Waals surface area contributed by atoms with Crippen molar-refractivity contribution in [2.45, 2.75) is 25.8 Å². The maximum atomic E-state index is 13.7. The number of nitrogens with one attached hydrogen (secondary N) is 1. The molecule has 0 spiro atoms. The molecule has 122 valence electrons. The van der Waals surface area contributed by atoms with Crippen LogP contribution in [0, 0.1) is 5.82 Å². The number of piperidine rings is 1. The Balaban J connectivity index is 1.62. The van der Waals surface area contributed by atoms with E-state index in [1.54, 1.807) is 0 Å². The van der Waals surface area contributed by atoms with E-state index in [9.17, 15) is 9.18 Å². The molecule has 0 atom stereocenters. The molecule has 0 unspecified atom stereocenters. The summed E-state index contributed by atoms with van der Waals surface area (Å²) in [6, 6.07) is 3.98. The summed E-state index contributed by atoms with van der Waals surface area (Å²) in [6.45, 7) is 2.98. The van der Waals surface area contributed by atoms with Crippen molar-refractivity contribution in [3.05, 3.63) is 45.7 Å². The molecule has 3 rings (SSSR count). The number of thiazole rings is 1. The number of carbonyl (C=O) groups excluding carboxylic acids is 1. The first kappa shape index (κ1) is 16.4. The summed E-state index contributed by atoms with van der Waals surface area (Å²) < 4.78 is 13.7. The van der Waals surface area contributed by atoms with E-state index in [1.807, 2.05) is 5.38 Å². The minimum absolute atomic E-state index is 0.0396. The van der Waals surface area contributed by atoms with E-state index >= 15 is 0 Å². The first-order chi connectivity index (χ1) is 11.1. The molecule has 1 aliphatic heterocycles. The van der Waals surface area contributed by atoms with Gasteiger partial charge in [-0.15, -0.1) is 11.3 Å². The second kappa shape index (κ2) is 7.38. The quantitative estimate of drug-likeness (QED) is 0.897. The van der Waals surface area contributed by atoms with Gasteiger partial charge in [-0.3, -0.25) is 15.0 Å². The number of halogens is 2. The molecular formula is C16H17ClFN3OS. The van der Waals surface area contributed by atoms with Crippen LogP contribution in [0.1, 0.15) is 35.3 Å². The lowest BCUT2D eigenvalue weighted by Crippen LogP contribution is -2.29. The maximum Gasteiger partial charge on any atom is 0.260 e. The lowest BCUT2D eigenvalue weighted by atomic mass is 10.1. The Morgan fingerprint density at radius 3 is 2.87 bits per heavy atom. The van der Waals surface area contributed by atoms with Crippen LogP contribution in [0.2, 0.25) is 5.02 Å². The van der Waals surface area contributed by atoms with Crippen molar-refractivity contribution in [2.75, 3.05) is 18.4 Å². The molecule has 1 fully saturated rings. The van der Waals surface area contributed by atoms with Crippen LogP contribution >= 0.6 is 22.9 Å². The molecule has 0 bridgehead atoms. The third kappa shape index (κ3) is 4.28. The normalized spacial score (nSPS) is 15.6. The number of hydrogen-bond acceptors (Lipinski definition) is 4. The predicted molar refractivity (Wildman–Crippen MR) is 90.6 cm³/mol. The standard InChI is InChI=1S/C16H17ClFN3OS/c17-11-4-5-13(14(18)8-11)15(22)20-16-19-12(10-23-16)9-21-6-2-1-3-7-21/h4-5,8,10H,1-3,6-7,9H2,(H,19,20,22). The summed E-state index contributed by atoms with van der Waals surface area (Å²) in [7, 11) is 0. The number of carbonyl (C=O) groups is 1. The lowest BCUT2D eigenvalue weighted by Gasteiger charge is -2.25. The Bertz CT molecular complexity index is 700. The molecule has 1 aliphatic rings. The SMILES string of the molecule is O=C(Nc1nc(CN2CCCCC2)cs1)c1ccc(Cl)cc1F. The lowest BCUT2D eigenvalue weighted by molar-refractivity contribution is 0.102. The van der Waals surface area contributed by atoms with E-state index in [2.05, 4.69) is 15.2 Å². The smallest absolute Gasteiger partial charge is 0.260 e. The highest BCUT2D eigenvalue weighted by atomic mass is 35.5. The largest absolute Gasteiger partial charge is 0.298 e. The summed E-state index contributed by atoms with van der Waals surface area (Å²) in [6.07, 6.45) is 3.74. The molecule has 0 radical (unpaired) electrons. The van der Waals surface area contributed by atoms with Crippen LogP contribution < -0.4 is 5.32 Å². The third-order valence-electron chi connectivity index (χ3n) is 3.78. The molecule has 0 aliphatic carbocycles. The van der Waals surface area contributed by atoms with Crippen molar-refractivity contribution in [3.8, 4) is 0 Å². The van der Waals surface area contributed by atoms with Crippen molar-refractivity contribution in [1.82, 2.24) is 9.88 Å². The van der Waals surface area contributed by atoms with E-state index in [0.717, 1.165) is 31.4 Å². The van der Waals surface area contributed by atoms with Crippen molar-refractivity contribution in [1.29, 1.82) is 0 Å². The summed E-state index contributed by atoms with van der Waals surface area (Å²) in [5.41, 5.74) is 0.894. The molecule has 2 aromatic rings. The van der Waals surface area contributed by atoms with Crippen LogP contribution in [0.15, 0.2) is 23.6 Å². The molecule has 1 N–H and O–H groups in total. The number of likely N-dealkylation sites (tertiary alicyclic amines) is 1. The Kier molecular flexibility index (Phi) is 5.25. The summed E-state index contributed by atoms with van der Waals surface area (Å²) >= 11 is 7.04. The molecule has 23 heavy (non-hydrogen) atoms. The van der Waals surface area contributed by atoms with Gasteiger partial charge in [0.05, 0.1) is 11.3 Å². The van der Waals surface area contributed by atoms with Gasteiger partial charge in [-0.1, -0.05) is 18.0 Å². The highest BCUT2D eigenvalue weighted by Crippen LogP contribution is 2.21. The van der Waals surface area contributed by atoms with Gasteiger partial charge in [-0.05, 0) is 44.1 Å². The summed E-state index contributed by atoms with van der Waals surface area (Å²) in [5, 5.41) is 5.32. The average Bonchev–Trinajstić information content (AvgIpc) is 2.95. The van der Waals surface area contributed by atoms with Gasteiger partial charge in [0.15, 0.2) is 5.13 Å². The molecule has 1 aromatic carbocycles. The van der Waals surface area contributed by atoms with E-state index in [0.29, 0.717) is 5.13 Å². The third-order valence-corrected chi connectivity index (χ3v) is 4.82. The van der Waals surface area contributed by atoms with E-state index < -0.39 is 11.7 Å². The molecule has 2 heterocycles. The van der Waals surface area contributed by atoms with E-state index in [-0.39, 0.29) is 10.6 Å². The summed E-state index contributed by atoms with van der Waals surface area (Å²) in [4.78, 5) is 18.9. The van der Waals surface area contributed by atoms with Gasteiger partial charge >= 0.3 is 0 Å². The number of aromatic nitrogens is 1. The second-order valence-corrected chi connectivity index (χ2v) is 6.85. The highest BCUT2D eigenvalue weighted by Gasteiger charge is 2.15. The van der Waals surface area contributed by atoms with Gasteiger partial charge in [-0.2, -0.15) is 0 Å². The highest BCUT2D eigenvalue weighted by molar-refractivity contribution is 7.13. The minimum Gasteiger partial charge on any atom is -0.298 e. The first-order valence-corrected chi connectivity index (χ1v) is 8.81. The van der Waals surface area contributed by atoms with Crippen LogP contribution in [-0.4, -0.2) is 28.9 Å². The number of hydrogen-bond donors (Lipinski definition) is 1. The Hall–Kier alpha value is -1.50. The zero-order valence-corrected chi connectivity index (χ0v) is 14.1. The number of nitrogens with zero attached hydrogens (tertiary/aromatic N) is 2. The van der Waals surface area contributed by atoms with Crippen molar-refractivity contribution < 1.29 is 9.18 Å². The van der Waals surface area contributed by atoms with Crippen molar-refractivity contribution >= 4 is 34.0 Å². The molecule has 1 amide bonds.